The molecule has 148 valence electrons. The van der Waals surface area contributed by atoms with Crippen molar-refractivity contribution in [1.29, 1.82) is 0 Å². The summed E-state index contributed by atoms with van der Waals surface area (Å²) in [4.78, 5) is 19.8. The minimum atomic E-state index is 0.198. The van der Waals surface area contributed by atoms with E-state index in [0.29, 0.717) is 13.0 Å². The summed E-state index contributed by atoms with van der Waals surface area (Å²) >= 11 is 0. The van der Waals surface area contributed by atoms with E-state index in [1.54, 1.807) is 7.11 Å². The number of piperazine rings is 1. The van der Waals surface area contributed by atoms with Crippen LogP contribution in [0.1, 0.15) is 16.7 Å². The quantitative estimate of drug-likeness (QED) is 0.818. The number of nitrogens with zero attached hydrogens (tertiary/aromatic N) is 3. The first-order chi connectivity index (χ1) is 13.7. The summed E-state index contributed by atoms with van der Waals surface area (Å²) in [5.41, 5.74) is 4.86. The molecule has 1 fully saturated rings. The number of ether oxygens (including phenoxy) is 1. The molecule has 0 radical (unpaired) electrons. The number of fused-ring (bicyclic) bond motifs is 1. The maximum atomic E-state index is 12.9. The molecule has 0 aromatic heterocycles. The number of rotatable bonds is 4. The molecule has 2 aromatic carbocycles. The van der Waals surface area contributed by atoms with Crippen LogP contribution in [0.2, 0.25) is 0 Å². The van der Waals surface area contributed by atoms with Crippen LogP contribution in [-0.2, 0) is 24.2 Å². The van der Waals surface area contributed by atoms with Gasteiger partial charge in [-0.2, -0.15) is 0 Å². The zero-order valence-corrected chi connectivity index (χ0v) is 16.9. The van der Waals surface area contributed by atoms with Gasteiger partial charge in [0.15, 0.2) is 0 Å². The summed E-state index contributed by atoms with van der Waals surface area (Å²) in [6.45, 7) is 5.59. The van der Waals surface area contributed by atoms with E-state index in [1.807, 2.05) is 35.2 Å². The van der Waals surface area contributed by atoms with Crippen molar-refractivity contribution in [2.75, 3.05) is 51.8 Å². The summed E-state index contributed by atoms with van der Waals surface area (Å²) in [7, 11) is 3.91. The Morgan fingerprint density at radius 3 is 2.43 bits per heavy atom. The highest BCUT2D eigenvalue weighted by molar-refractivity contribution is 5.79. The Morgan fingerprint density at radius 2 is 1.71 bits per heavy atom. The molecule has 0 unspecified atom stereocenters. The average Bonchev–Trinajstić information content (AvgIpc) is 2.74. The topological polar surface area (TPSA) is 36.0 Å². The van der Waals surface area contributed by atoms with Gasteiger partial charge in [-0.1, -0.05) is 30.3 Å². The van der Waals surface area contributed by atoms with Gasteiger partial charge in [0.1, 0.15) is 5.75 Å². The van der Waals surface area contributed by atoms with Crippen molar-refractivity contribution in [2.24, 2.45) is 0 Å². The Bertz CT molecular complexity index is 829. The second-order valence-corrected chi connectivity index (χ2v) is 7.76. The van der Waals surface area contributed by atoms with Crippen LogP contribution in [0.15, 0.2) is 42.5 Å². The normalized spacial score (nSPS) is 17.4. The SMILES string of the molecule is COc1ccc(N2CCN(C)CC2)c2c1CCN(C(=O)Cc1ccccc1)C2. The predicted molar refractivity (Wildman–Crippen MR) is 112 cm³/mol. The predicted octanol–water partition coefficient (Wildman–Crippen LogP) is 2.57. The Balaban J connectivity index is 1.58. The van der Waals surface area contributed by atoms with E-state index in [2.05, 4.69) is 29.0 Å². The number of carbonyl (C=O) groups is 1. The second-order valence-electron chi connectivity index (χ2n) is 7.76. The Morgan fingerprint density at radius 1 is 0.964 bits per heavy atom. The summed E-state index contributed by atoms with van der Waals surface area (Å²) in [5, 5.41) is 0. The number of methoxy groups -OCH3 is 1. The molecular weight excluding hydrogens is 350 g/mol. The van der Waals surface area contributed by atoms with E-state index in [-0.39, 0.29) is 5.91 Å². The molecule has 0 aliphatic carbocycles. The van der Waals surface area contributed by atoms with E-state index < -0.39 is 0 Å². The number of hydrogen-bond donors (Lipinski definition) is 0. The van der Waals surface area contributed by atoms with Crippen molar-refractivity contribution in [3.8, 4) is 5.75 Å². The van der Waals surface area contributed by atoms with Gasteiger partial charge >= 0.3 is 0 Å². The second kappa shape index (κ2) is 8.23. The zero-order chi connectivity index (χ0) is 19.5. The van der Waals surface area contributed by atoms with Gasteiger partial charge in [0.25, 0.3) is 0 Å². The number of benzene rings is 2. The summed E-state index contributed by atoms with van der Waals surface area (Å²) in [6.07, 6.45) is 1.31. The van der Waals surface area contributed by atoms with Gasteiger partial charge < -0.3 is 19.4 Å². The number of hydrogen-bond acceptors (Lipinski definition) is 4. The Hall–Kier alpha value is -2.53. The number of likely N-dealkylation sites (N-methyl/N-ethyl adjacent to an activating group) is 1. The van der Waals surface area contributed by atoms with Crippen molar-refractivity contribution in [2.45, 2.75) is 19.4 Å². The van der Waals surface area contributed by atoms with Crippen LogP contribution in [0.25, 0.3) is 0 Å². The highest BCUT2D eigenvalue weighted by atomic mass is 16.5. The molecule has 5 heteroatoms. The molecule has 0 N–H and O–H groups in total. The summed E-state index contributed by atoms with van der Waals surface area (Å²) < 4.78 is 5.63. The molecule has 5 nitrogen and oxygen atoms in total. The molecule has 0 bridgehead atoms. The number of amides is 1. The smallest absolute Gasteiger partial charge is 0.227 e. The van der Waals surface area contributed by atoms with Crippen molar-refractivity contribution in [3.63, 3.8) is 0 Å². The standard InChI is InChI=1S/C23H29N3O2/c1-24-12-14-25(15-13-24)21-8-9-22(28-2)19-10-11-26(17-20(19)21)23(27)16-18-6-4-3-5-7-18/h3-9H,10-17H2,1-2H3. The lowest BCUT2D eigenvalue weighted by molar-refractivity contribution is -0.131. The zero-order valence-electron chi connectivity index (χ0n) is 16.9. The third kappa shape index (κ3) is 3.85. The third-order valence-electron chi connectivity index (χ3n) is 5.96. The monoisotopic (exact) mass is 379 g/mol. The van der Waals surface area contributed by atoms with E-state index in [1.165, 1.54) is 16.8 Å². The van der Waals surface area contributed by atoms with Gasteiger partial charge in [0.2, 0.25) is 5.91 Å². The van der Waals surface area contributed by atoms with Crippen molar-refractivity contribution in [1.82, 2.24) is 9.80 Å². The van der Waals surface area contributed by atoms with Gasteiger partial charge in [0.05, 0.1) is 13.5 Å². The first-order valence-electron chi connectivity index (χ1n) is 10.1. The Kier molecular flexibility index (Phi) is 5.53. The fourth-order valence-electron chi connectivity index (χ4n) is 4.26. The van der Waals surface area contributed by atoms with Crippen LogP contribution in [0.4, 0.5) is 5.69 Å². The molecule has 2 aliphatic heterocycles. The maximum absolute atomic E-state index is 12.9. The molecule has 1 amide bonds. The lowest BCUT2D eigenvalue weighted by atomic mass is 9.95. The van der Waals surface area contributed by atoms with Crippen LogP contribution < -0.4 is 9.64 Å². The van der Waals surface area contributed by atoms with E-state index in [9.17, 15) is 4.79 Å². The number of carbonyl (C=O) groups excluding carboxylic acids is 1. The molecule has 0 saturated carbocycles. The summed E-state index contributed by atoms with van der Waals surface area (Å²) in [5.74, 6) is 1.15. The van der Waals surface area contributed by atoms with Gasteiger partial charge in [-0.15, -0.1) is 0 Å². The Labute approximate surface area is 167 Å². The molecule has 4 rings (SSSR count). The lowest BCUT2D eigenvalue weighted by Gasteiger charge is -2.38. The maximum Gasteiger partial charge on any atom is 0.227 e. The molecule has 2 heterocycles. The first-order valence-corrected chi connectivity index (χ1v) is 10.1. The lowest BCUT2D eigenvalue weighted by Crippen LogP contribution is -2.45. The van der Waals surface area contributed by atoms with Crippen molar-refractivity contribution >= 4 is 11.6 Å². The third-order valence-corrected chi connectivity index (χ3v) is 5.96. The van der Waals surface area contributed by atoms with Crippen LogP contribution in [0.5, 0.6) is 5.75 Å². The minimum absolute atomic E-state index is 0.198. The largest absolute Gasteiger partial charge is 0.496 e. The van der Waals surface area contributed by atoms with E-state index in [4.69, 9.17) is 4.74 Å². The van der Waals surface area contributed by atoms with Gasteiger partial charge in [-0.05, 0) is 31.2 Å². The fraction of sp³-hybridized carbons (Fsp3) is 0.435. The molecule has 2 aromatic rings. The highest BCUT2D eigenvalue weighted by Crippen LogP contribution is 2.36. The molecule has 28 heavy (non-hydrogen) atoms. The highest BCUT2D eigenvalue weighted by Gasteiger charge is 2.28. The van der Waals surface area contributed by atoms with Gasteiger partial charge in [-0.25, -0.2) is 0 Å². The van der Waals surface area contributed by atoms with E-state index >= 15 is 0 Å². The van der Waals surface area contributed by atoms with E-state index in [0.717, 1.165) is 50.5 Å². The average molecular weight is 380 g/mol. The van der Waals surface area contributed by atoms with Gasteiger partial charge in [-0.3, -0.25) is 4.79 Å². The van der Waals surface area contributed by atoms with Crippen molar-refractivity contribution < 1.29 is 9.53 Å². The molecular formula is C23H29N3O2. The molecule has 0 spiro atoms. The fourth-order valence-corrected chi connectivity index (χ4v) is 4.26. The van der Waals surface area contributed by atoms with Crippen LogP contribution in [0.3, 0.4) is 0 Å². The molecule has 1 saturated heterocycles. The molecule has 2 aliphatic rings. The van der Waals surface area contributed by atoms with Crippen molar-refractivity contribution in [3.05, 3.63) is 59.2 Å². The van der Waals surface area contributed by atoms with Crippen LogP contribution >= 0.6 is 0 Å². The minimum Gasteiger partial charge on any atom is -0.496 e. The first kappa shape index (κ1) is 18.8. The van der Waals surface area contributed by atoms with Crippen LogP contribution in [0, 0.1) is 0 Å². The van der Waals surface area contributed by atoms with Gasteiger partial charge in [0, 0.05) is 56.1 Å². The summed E-state index contributed by atoms with van der Waals surface area (Å²) in [6, 6.07) is 14.3. The number of anilines is 1. The molecule has 0 atom stereocenters. The van der Waals surface area contributed by atoms with Crippen LogP contribution in [-0.4, -0.2) is 62.6 Å².